The predicted molar refractivity (Wildman–Crippen MR) is 252 cm³/mol. The molecule has 0 bridgehead atoms. The standard InChI is InChI=1S/C60H37N/c1-2-16-38(17-3-1)39-30-33-41(34-31-39)61-57-37-56-47(36-48(57)46-35-32-40-18-4-5-19-42(40)58(46)61)45-22-8-11-25-51(45)60(56)54-28-14-12-26-52(54)59(53-27-13-15-29-55(53)60)49-23-9-6-20-43(49)44-21-7-10-24-50(44)59/h1-37H. The normalized spacial score (nSPS) is 14.5. The van der Waals surface area contributed by atoms with Crippen molar-refractivity contribution in [3.63, 3.8) is 0 Å². The van der Waals surface area contributed by atoms with Crippen molar-refractivity contribution < 1.29 is 0 Å². The Bertz CT molecular complexity index is 3550. The Labute approximate surface area is 354 Å². The Kier molecular flexibility index (Phi) is 6.48. The second-order valence-corrected chi connectivity index (χ2v) is 17.1. The van der Waals surface area contributed by atoms with Crippen LogP contribution in [0.2, 0.25) is 0 Å². The van der Waals surface area contributed by atoms with Crippen molar-refractivity contribution in [2.45, 2.75) is 10.8 Å². The van der Waals surface area contributed by atoms with Gasteiger partial charge in [0, 0.05) is 21.8 Å². The number of hydrogen-bond acceptors (Lipinski definition) is 0. The van der Waals surface area contributed by atoms with Crippen LogP contribution in [0.4, 0.5) is 0 Å². The lowest BCUT2D eigenvalue weighted by atomic mass is 9.52. The first-order valence-corrected chi connectivity index (χ1v) is 21.4. The van der Waals surface area contributed by atoms with Gasteiger partial charge in [-0.2, -0.15) is 0 Å². The fourth-order valence-corrected chi connectivity index (χ4v) is 12.2. The molecular weight excluding hydrogens is 735 g/mol. The summed E-state index contributed by atoms with van der Waals surface area (Å²) in [5, 5.41) is 5.04. The van der Waals surface area contributed by atoms with Crippen LogP contribution in [0.25, 0.3) is 71.6 Å². The lowest BCUT2D eigenvalue weighted by Gasteiger charge is -2.48. The summed E-state index contributed by atoms with van der Waals surface area (Å²) in [6.45, 7) is 0. The van der Waals surface area contributed by atoms with Crippen LogP contribution in [-0.2, 0) is 10.8 Å². The zero-order valence-corrected chi connectivity index (χ0v) is 33.3. The van der Waals surface area contributed by atoms with Gasteiger partial charge in [-0.15, -0.1) is 0 Å². The molecule has 0 saturated heterocycles. The summed E-state index contributed by atoms with van der Waals surface area (Å²) in [5.74, 6) is 0. The fraction of sp³-hybridized carbons (Fsp3) is 0.0333. The summed E-state index contributed by atoms with van der Waals surface area (Å²) in [6, 6.07) is 84.8. The van der Waals surface area contributed by atoms with E-state index in [1.807, 2.05) is 0 Å². The molecule has 0 saturated carbocycles. The molecule has 14 rings (SSSR count). The van der Waals surface area contributed by atoms with Crippen LogP contribution in [0.15, 0.2) is 224 Å². The molecule has 3 aliphatic rings. The Morgan fingerprint density at radius 3 is 1.33 bits per heavy atom. The third-order valence-electron chi connectivity index (χ3n) is 14.5. The number of fused-ring (bicyclic) bond motifs is 21. The molecule has 3 aliphatic carbocycles. The summed E-state index contributed by atoms with van der Waals surface area (Å²) in [7, 11) is 0. The molecule has 1 nitrogen and oxygen atoms in total. The van der Waals surface area contributed by atoms with E-state index in [-0.39, 0.29) is 0 Å². The molecule has 0 atom stereocenters. The van der Waals surface area contributed by atoms with Crippen molar-refractivity contribution in [2.24, 2.45) is 0 Å². The molecule has 0 unspecified atom stereocenters. The first kappa shape index (κ1) is 33.1. The fourth-order valence-electron chi connectivity index (χ4n) is 12.2. The molecule has 0 fully saturated rings. The van der Waals surface area contributed by atoms with E-state index in [0.29, 0.717) is 0 Å². The van der Waals surface area contributed by atoms with Gasteiger partial charge in [0.2, 0.25) is 0 Å². The quantitative estimate of drug-likeness (QED) is 0.165. The molecule has 0 amide bonds. The Morgan fingerprint density at radius 1 is 0.279 bits per heavy atom. The molecule has 61 heavy (non-hydrogen) atoms. The van der Waals surface area contributed by atoms with Crippen LogP contribution < -0.4 is 0 Å². The van der Waals surface area contributed by atoms with Gasteiger partial charge in [-0.05, 0) is 108 Å². The smallest absolute Gasteiger partial charge is 0.0720 e. The van der Waals surface area contributed by atoms with Gasteiger partial charge in [0.05, 0.1) is 21.9 Å². The summed E-state index contributed by atoms with van der Waals surface area (Å²) < 4.78 is 2.55. The third kappa shape index (κ3) is 4.02. The topological polar surface area (TPSA) is 4.93 Å². The van der Waals surface area contributed by atoms with E-state index in [9.17, 15) is 0 Å². The summed E-state index contributed by atoms with van der Waals surface area (Å²) in [4.78, 5) is 0. The summed E-state index contributed by atoms with van der Waals surface area (Å²) in [5.41, 5.74) is 21.1. The number of benzene rings is 10. The average molecular weight is 772 g/mol. The first-order valence-electron chi connectivity index (χ1n) is 21.4. The van der Waals surface area contributed by atoms with Gasteiger partial charge < -0.3 is 4.57 Å². The van der Waals surface area contributed by atoms with Crippen molar-refractivity contribution >= 4 is 32.6 Å². The Balaban J connectivity index is 1.13. The van der Waals surface area contributed by atoms with Crippen LogP contribution in [-0.4, -0.2) is 4.57 Å². The SMILES string of the molecule is c1ccc(-c2ccc(-n3c4cc5c(cc4c4ccc6ccccc6c43)-c3ccccc3C53c4ccccc4C4(c5ccccc5-c5ccccc54)c4ccccc43)cc2)cc1. The van der Waals surface area contributed by atoms with Crippen LogP contribution in [0.1, 0.15) is 44.5 Å². The van der Waals surface area contributed by atoms with Crippen molar-refractivity contribution in [1.29, 1.82) is 0 Å². The zero-order chi connectivity index (χ0) is 39.9. The minimum Gasteiger partial charge on any atom is -0.309 e. The highest BCUT2D eigenvalue weighted by molar-refractivity contribution is 6.20. The molecule has 10 aromatic carbocycles. The molecule has 2 spiro atoms. The lowest BCUT2D eigenvalue weighted by molar-refractivity contribution is 0.633. The lowest BCUT2D eigenvalue weighted by Crippen LogP contribution is -2.43. The highest BCUT2D eigenvalue weighted by Gasteiger charge is 2.59. The largest absolute Gasteiger partial charge is 0.309 e. The molecule has 1 heterocycles. The van der Waals surface area contributed by atoms with E-state index in [4.69, 9.17) is 0 Å². The zero-order valence-electron chi connectivity index (χ0n) is 33.3. The van der Waals surface area contributed by atoms with E-state index >= 15 is 0 Å². The van der Waals surface area contributed by atoms with Gasteiger partial charge in [0.25, 0.3) is 0 Å². The highest BCUT2D eigenvalue weighted by Crippen LogP contribution is 2.67. The number of rotatable bonds is 2. The van der Waals surface area contributed by atoms with Gasteiger partial charge in [0.1, 0.15) is 0 Å². The molecule has 11 aromatic rings. The number of nitrogens with zero attached hydrogens (tertiary/aromatic N) is 1. The molecule has 1 heteroatoms. The van der Waals surface area contributed by atoms with Crippen LogP contribution in [0.3, 0.4) is 0 Å². The minimum absolute atomic E-state index is 0.471. The molecule has 0 aliphatic heterocycles. The van der Waals surface area contributed by atoms with Crippen molar-refractivity contribution in [1.82, 2.24) is 4.57 Å². The van der Waals surface area contributed by atoms with Crippen molar-refractivity contribution in [2.75, 3.05) is 0 Å². The van der Waals surface area contributed by atoms with Crippen molar-refractivity contribution in [3.8, 4) is 39.1 Å². The molecular formula is C60H37N. The van der Waals surface area contributed by atoms with Crippen LogP contribution >= 0.6 is 0 Å². The van der Waals surface area contributed by atoms with E-state index in [0.717, 1.165) is 5.69 Å². The second kappa shape index (κ2) is 11.9. The minimum atomic E-state index is -0.564. The van der Waals surface area contributed by atoms with E-state index in [1.54, 1.807) is 0 Å². The van der Waals surface area contributed by atoms with Crippen LogP contribution in [0, 0.1) is 0 Å². The third-order valence-corrected chi connectivity index (χ3v) is 14.5. The van der Waals surface area contributed by atoms with Crippen molar-refractivity contribution in [3.05, 3.63) is 269 Å². The van der Waals surface area contributed by atoms with Gasteiger partial charge in [0.15, 0.2) is 0 Å². The second-order valence-electron chi connectivity index (χ2n) is 17.1. The number of aromatic nitrogens is 1. The maximum absolute atomic E-state index is 2.58. The average Bonchev–Trinajstić information content (AvgIpc) is 3.93. The maximum Gasteiger partial charge on any atom is 0.0720 e. The van der Waals surface area contributed by atoms with E-state index < -0.39 is 10.8 Å². The monoisotopic (exact) mass is 771 g/mol. The van der Waals surface area contributed by atoms with Gasteiger partial charge in [-0.3, -0.25) is 0 Å². The molecule has 0 N–H and O–H groups in total. The highest BCUT2D eigenvalue weighted by atomic mass is 15.0. The van der Waals surface area contributed by atoms with E-state index in [2.05, 4.69) is 229 Å². The van der Waals surface area contributed by atoms with Crippen LogP contribution in [0.5, 0.6) is 0 Å². The van der Waals surface area contributed by atoms with Gasteiger partial charge in [-0.25, -0.2) is 0 Å². The van der Waals surface area contributed by atoms with E-state index in [1.165, 1.54) is 110 Å². The molecule has 1 aromatic heterocycles. The summed E-state index contributed by atoms with van der Waals surface area (Å²) >= 11 is 0. The first-order chi connectivity index (χ1) is 30.3. The Hall–Kier alpha value is -7.74. The molecule has 282 valence electrons. The Morgan fingerprint density at radius 2 is 0.738 bits per heavy atom. The molecule has 0 radical (unpaired) electrons. The predicted octanol–water partition coefficient (Wildman–Crippen LogP) is 14.6. The maximum atomic E-state index is 2.58. The number of hydrogen-bond donors (Lipinski definition) is 0. The van der Waals surface area contributed by atoms with Gasteiger partial charge in [-0.1, -0.05) is 200 Å². The van der Waals surface area contributed by atoms with Gasteiger partial charge >= 0.3 is 0 Å². The summed E-state index contributed by atoms with van der Waals surface area (Å²) in [6.07, 6.45) is 0.